The van der Waals surface area contributed by atoms with E-state index in [1.54, 1.807) is 0 Å². The lowest BCUT2D eigenvalue weighted by atomic mass is 9.98. The highest BCUT2D eigenvalue weighted by Gasteiger charge is 2.20. The topological polar surface area (TPSA) is 78.8 Å². The average Bonchev–Trinajstić information content (AvgIpc) is 3.73. The zero-order valence-corrected chi connectivity index (χ0v) is 22.6. The van der Waals surface area contributed by atoms with E-state index in [0.717, 1.165) is 71.3 Å². The first-order valence-corrected chi connectivity index (χ1v) is 14.0. The van der Waals surface area contributed by atoms with Gasteiger partial charge in [0.2, 0.25) is 0 Å². The fraction of sp³-hybridized carbons (Fsp3) is 0. The number of para-hydroxylation sites is 3. The van der Waals surface area contributed by atoms with Crippen LogP contribution in [0.1, 0.15) is 11.1 Å². The van der Waals surface area contributed by atoms with E-state index in [-0.39, 0.29) is 0 Å². The first-order chi connectivity index (χ1) is 21.2. The van der Waals surface area contributed by atoms with E-state index in [2.05, 4.69) is 53.1 Å². The van der Waals surface area contributed by atoms with Gasteiger partial charge in [0.05, 0.1) is 33.9 Å². The minimum Gasteiger partial charge on any atom is -0.456 e. The van der Waals surface area contributed by atoms with Gasteiger partial charge in [0, 0.05) is 32.3 Å². The lowest BCUT2D eigenvalue weighted by Crippen LogP contribution is -1.94. The Morgan fingerprint density at radius 1 is 0.488 bits per heavy atom. The minimum absolute atomic E-state index is 0.472. The second-order valence-electron chi connectivity index (χ2n) is 10.8. The van der Waals surface area contributed by atoms with E-state index >= 15 is 0 Å². The number of benzene rings is 6. The summed E-state index contributed by atoms with van der Waals surface area (Å²) in [6, 6.07) is 42.9. The van der Waals surface area contributed by atoms with Gasteiger partial charge in [-0.05, 0) is 71.8 Å². The minimum atomic E-state index is 0.472. The Hall–Kier alpha value is -6.30. The van der Waals surface area contributed by atoms with Crippen molar-refractivity contribution in [3.8, 4) is 29.0 Å². The van der Waals surface area contributed by atoms with Gasteiger partial charge in [0.15, 0.2) is 11.2 Å². The van der Waals surface area contributed by atoms with Crippen molar-refractivity contribution in [3.63, 3.8) is 0 Å². The normalized spacial score (nSPS) is 11.7. The molecule has 0 amide bonds. The van der Waals surface area contributed by atoms with Crippen LogP contribution < -0.4 is 0 Å². The monoisotopic (exact) mass is 549 g/mol. The quantitative estimate of drug-likeness (QED) is 0.215. The summed E-state index contributed by atoms with van der Waals surface area (Å²) in [6.45, 7) is 0. The molecule has 0 radical (unpaired) electrons. The van der Waals surface area contributed by atoms with Crippen LogP contribution >= 0.6 is 0 Å². The molecule has 5 nitrogen and oxygen atoms in total. The molecule has 0 unspecified atom stereocenters. The molecular weight excluding hydrogens is 530 g/mol. The predicted octanol–water partition coefficient (Wildman–Crippen LogP) is 9.99. The molecule has 0 aliphatic rings. The van der Waals surface area contributed by atoms with E-state index in [0.29, 0.717) is 22.3 Å². The van der Waals surface area contributed by atoms with Crippen LogP contribution in [0.2, 0.25) is 0 Å². The van der Waals surface area contributed by atoms with Crippen molar-refractivity contribution in [2.24, 2.45) is 0 Å². The molecule has 0 saturated heterocycles. The fourth-order valence-electron chi connectivity index (χ4n) is 6.52. The van der Waals surface area contributed by atoms with Gasteiger partial charge in [-0.25, -0.2) is 0 Å². The summed E-state index contributed by atoms with van der Waals surface area (Å²) in [6.07, 6.45) is 0. The Morgan fingerprint density at radius 2 is 1.28 bits per heavy atom. The number of fused-ring (bicyclic) bond motifs is 9. The Labute approximate surface area is 244 Å². The van der Waals surface area contributed by atoms with Gasteiger partial charge in [-0.3, -0.25) is 0 Å². The summed E-state index contributed by atoms with van der Waals surface area (Å²) >= 11 is 0. The summed E-state index contributed by atoms with van der Waals surface area (Å²) in [5.74, 6) is 0. The molecule has 3 aromatic heterocycles. The summed E-state index contributed by atoms with van der Waals surface area (Å²) < 4.78 is 14.9. The Kier molecular flexibility index (Phi) is 4.68. The zero-order chi connectivity index (χ0) is 28.7. The molecule has 0 fully saturated rings. The predicted molar refractivity (Wildman–Crippen MR) is 170 cm³/mol. The van der Waals surface area contributed by atoms with Gasteiger partial charge in [-0.1, -0.05) is 54.6 Å². The summed E-state index contributed by atoms with van der Waals surface area (Å²) in [5.41, 5.74) is 8.76. The van der Waals surface area contributed by atoms with E-state index in [1.165, 1.54) is 0 Å². The number of hydrogen-bond acceptors (Lipinski definition) is 4. The van der Waals surface area contributed by atoms with Crippen LogP contribution in [0.25, 0.3) is 82.5 Å². The molecule has 0 aliphatic heterocycles. The number of nitrogens with zero attached hydrogens (tertiary/aromatic N) is 3. The highest BCUT2D eigenvalue weighted by molar-refractivity contribution is 6.14. The molecular formula is C38H19N3O2. The fourth-order valence-corrected chi connectivity index (χ4v) is 6.52. The highest BCUT2D eigenvalue weighted by Crippen LogP contribution is 2.41. The smallest absolute Gasteiger partial charge is 0.159 e. The van der Waals surface area contributed by atoms with Crippen molar-refractivity contribution in [3.05, 3.63) is 126 Å². The van der Waals surface area contributed by atoms with E-state index in [4.69, 9.17) is 8.83 Å². The van der Waals surface area contributed by atoms with E-state index < -0.39 is 0 Å². The van der Waals surface area contributed by atoms with Crippen LogP contribution in [0.15, 0.2) is 124 Å². The molecule has 0 aliphatic carbocycles. The first-order valence-electron chi connectivity index (χ1n) is 14.0. The molecule has 0 saturated carbocycles. The maximum absolute atomic E-state index is 10.2. The van der Waals surface area contributed by atoms with Crippen LogP contribution in [0.3, 0.4) is 0 Å². The van der Waals surface area contributed by atoms with Gasteiger partial charge in [0.1, 0.15) is 17.2 Å². The second-order valence-corrected chi connectivity index (χ2v) is 10.8. The zero-order valence-electron chi connectivity index (χ0n) is 22.6. The molecule has 9 aromatic rings. The molecule has 0 atom stereocenters. The lowest BCUT2D eigenvalue weighted by molar-refractivity contribution is 0.665. The van der Waals surface area contributed by atoms with E-state index in [9.17, 15) is 10.5 Å². The lowest BCUT2D eigenvalue weighted by Gasteiger charge is -2.08. The molecule has 198 valence electrons. The number of nitriles is 2. The van der Waals surface area contributed by atoms with Crippen LogP contribution in [0.5, 0.6) is 0 Å². The maximum Gasteiger partial charge on any atom is 0.159 e. The SMILES string of the molecule is N#Cc1ccc2c(c1)c1ccccc1n2-c1cccc2c1oc1c(C#N)cc(-c3ccc4c(c3)oc3ccccc34)cc12. The van der Waals surface area contributed by atoms with Gasteiger partial charge in [0.25, 0.3) is 0 Å². The Bertz CT molecular complexity index is 2710. The molecule has 43 heavy (non-hydrogen) atoms. The summed E-state index contributed by atoms with van der Waals surface area (Å²) in [7, 11) is 0. The van der Waals surface area contributed by atoms with Gasteiger partial charge in [-0.15, -0.1) is 0 Å². The second kappa shape index (κ2) is 8.60. The largest absolute Gasteiger partial charge is 0.456 e. The molecule has 0 spiro atoms. The van der Waals surface area contributed by atoms with E-state index in [1.807, 2.05) is 78.9 Å². The first kappa shape index (κ1) is 23.4. The number of aromatic nitrogens is 1. The standard InChI is InChI=1S/C38H19N3O2/c39-20-22-12-15-33-30(16-22)26-6-1-3-9-32(26)41(33)34-10-5-8-29-31-18-24(17-25(21-40)37(31)43-38(29)34)23-13-14-28-27-7-2-4-11-35(27)42-36(28)19-23/h1-19H. The van der Waals surface area contributed by atoms with Crippen LogP contribution in [0.4, 0.5) is 0 Å². The van der Waals surface area contributed by atoms with Gasteiger partial charge < -0.3 is 13.4 Å². The highest BCUT2D eigenvalue weighted by atomic mass is 16.3. The third-order valence-electron chi connectivity index (χ3n) is 8.45. The van der Waals surface area contributed by atoms with Crippen molar-refractivity contribution in [2.45, 2.75) is 0 Å². The summed E-state index contributed by atoms with van der Waals surface area (Å²) in [5, 5.41) is 25.8. The average molecular weight is 550 g/mol. The molecule has 5 heteroatoms. The Morgan fingerprint density at radius 3 is 2.16 bits per heavy atom. The Balaban J connectivity index is 1.30. The van der Waals surface area contributed by atoms with Crippen molar-refractivity contribution in [1.29, 1.82) is 10.5 Å². The van der Waals surface area contributed by atoms with Crippen molar-refractivity contribution < 1.29 is 8.83 Å². The third kappa shape index (κ3) is 3.25. The molecule has 3 heterocycles. The van der Waals surface area contributed by atoms with Crippen molar-refractivity contribution in [2.75, 3.05) is 0 Å². The summed E-state index contributed by atoms with van der Waals surface area (Å²) in [4.78, 5) is 0. The number of furan rings is 2. The maximum atomic E-state index is 10.2. The van der Waals surface area contributed by atoms with Gasteiger partial charge in [-0.2, -0.15) is 10.5 Å². The molecule has 6 aromatic carbocycles. The molecule has 0 bridgehead atoms. The molecule has 9 rings (SSSR count). The third-order valence-corrected chi connectivity index (χ3v) is 8.45. The molecule has 0 N–H and O–H groups in total. The van der Waals surface area contributed by atoms with Crippen LogP contribution in [-0.4, -0.2) is 4.57 Å². The van der Waals surface area contributed by atoms with Crippen molar-refractivity contribution >= 4 is 65.7 Å². The van der Waals surface area contributed by atoms with Crippen LogP contribution in [-0.2, 0) is 0 Å². The number of hydrogen-bond donors (Lipinski definition) is 0. The van der Waals surface area contributed by atoms with Crippen LogP contribution in [0, 0.1) is 22.7 Å². The van der Waals surface area contributed by atoms with Gasteiger partial charge >= 0.3 is 0 Å². The number of rotatable bonds is 2. The van der Waals surface area contributed by atoms with Crippen molar-refractivity contribution in [1.82, 2.24) is 4.57 Å².